The maximum Gasteiger partial charge on any atom is 0.233 e. The van der Waals surface area contributed by atoms with Gasteiger partial charge in [-0.3, -0.25) is 4.79 Å². The van der Waals surface area contributed by atoms with E-state index in [0.29, 0.717) is 41.0 Å². The maximum absolute atomic E-state index is 12.2. The van der Waals surface area contributed by atoms with E-state index in [1.807, 2.05) is 26.8 Å². The minimum atomic E-state index is -0.147. The van der Waals surface area contributed by atoms with Crippen molar-refractivity contribution in [3.05, 3.63) is 40.7 Å². The summed E-state index contributed by atoms with van der Waals surface area (Å²) >= 11 is 1.39. The van der Waals surface area contributed by atoms with Gasteiger partial charge >= 0.3 is 0 Å². The lowest BCUT2D eigenvalue weighted by Crippen LogP contribution is -2.36. The molecule has 0 atom stereocenters. The standard InChI is InChI=1S/C22H24N6O3S/c1-13(2)31-19-5-4-15(10-16(19)11-23)21-24-25-22(32-21)28-14(3)17-12-27(20(30)7-9-29)8-6-18(17)26-28/h4-5,10,13,29H,6-9,12H2,1-3H3. The van der Waals surface area contributed by atoms with E-state index >= 15 is 0 Å². The largest absolute Gasteiger partial charge is 0.490 e. The molecule has 9 nitrogen and oxygen atoms in total. The number of amides is 1. The molecular formula is C22H24N6O3S. The number of aliphatic hydroxyl groups excluding tert-OH is 1. The number of fused-ring (bicyclic) bond motifs is 1. The number of rotatable bonds is 6. The molecule has 0 saturated carbocycles. The summed E-state index contributed by atoms with van der Waals surface area (Å²) in [5.41, 5.74) is 4.13. The third-order valence-corrected chi connectivity index (χ3v) is 6.22. The summed E-state index contributed by atoms with van der Waals surface area (Å²) < 4.78 is 7.46. The third-order valence-electron chi connectivity index (χ3n) is 5.27. The van der Waals surface area contributed by atoms with Crippen LogP contribution in [-0.4, -0.2) is 55.1 Å². The quantitative estimate of drug-likeness (QED) is 0.611. The van der Waals surface area contributed by atoms with E-state index in [0.717, 1.165) is 22.5 Å². The first-order valence-electron chi connectivity index (χ1n) is 10.4. The van der Waals surface area contributed by atoms with E-state index in [2.05, 4.69) is 16.3 Å². The molecule has 1 amide bonds. The van der Waals surface area contributed by atoms with Gasteiger partial charge in [0, 0.05) is 42.8 Å². The molecule has 3 heterocycles. The first-order valence-corrected chi connectivity index (χ1v) is 11.2. The molecule has 0 saturated heterocycles. The Morgan fingerprint density at radius 1 is 1.38 bits per heavy atom. The van der Waals surface area contributed by atoms with Crippen LogP contribution in [0.2, 0.25) is 0 Å². The Kier molecular flexibility index (Phi) is 6.21. The van der Waals surface area contributed by atoms with Gasteiger partial charge in [0.1, 0.15) is 16.8 Å². The molecule has 0 radical (unpaired) electrons. The van der Waals surface area contributed by atoms with Crippen LogP contribution >= 0.6 is 11.3 Å². The van der Waals surface area contributed by atoms with Gasteiger partial charge in [0.05, 0.1) is 24.0 Å². The molecule has 166 valence electrons. The lowest BCUT2D eigenvalue weighted by atomic mass is 10.1. The highest BCUT2D eigenvalue weighted by Gasteiger charge is 2.26. The van der Waals surface area contributed by atoms with Gasteiger partial charge in [0.15, 0.2) is 0 Å². The van der Waals surface area contributed by atoms with Crippen LogP contribution in [0.4, 0.5) is 0 Å². The zero-order valence-electron chi connectivity index (χ0n) is 18.2. The lowest BCUT2D eigenvalue weighted by Gasteiger charge is -2.26. The van der Waals surface area contributed by atoms with Crippen molar-refractivity contribution in [2.24, 2.45) is 0 Å². The summed E-state index contributed by atoms with van der Waals surface area (Å²) in [6.45, 7) is 6.71. The Labute approximate surface area is 189 Å². The fourth-order valence-corrected chi connectivity index (χ4v) is 4.53. The maximum atomic E-state index is 12.2. The van der Waals surface area contributed by atoms with Crippen molar-refractivity contribution in [2.45, 2.75) is 46.3 Å². The second-order valence-corrected chi connectivity index (χ2v) is 8.80. The Bertz CT molecular complexity index is 1190. The molecule has 0 unspecified atom stereocenters. The average molecular weight is 453 g/mol. The molecule has 0 bridgehead atoms. The Morgan fingerprint density at radius 2 is 2.19 bits per heavy atom. The van der Waals surface area contributed by atoms with Gasteiger partial charge in [-0.25, -0.2) is 4.68 Å². The van der Waals surface area contributed by atoms with Crippen molar-refractivity contribution < 1.29 is 14.6 Å². The number of carbonyl (C=O) groups is 1. The van der Waals surface area contributed by atoms with Gasteiger partial charge in [-0.05, 0) is 39.0 Å². The molecule has 32 heavy (non-hydrogen) atoms. The van der Waals surface area contributed by atoms with Gasteiger partial charge in [-0.2, -0.15) is 10.4 Å². The van der Waals surface area contributed by atoms with E-state index in [-0.39, 0.29) is 25.0 Å². The summed E-state index contributed by atoms with van der Waals surface area (Å²) in [6, 6.07) is 7.59. The highest BCUT2D eigenvalue weighted by atomic mass is 32.1. The monoisotopic (exact) mass is 452 g/mol. The minimum Gasteiger partial charge on any atom is -0.490 e. The number of aromatic nitrogens is 4. The predicted octanol–water partition coefficient (Wildman–Crippen LogP) is 2.63. The summed E-state index contributed by atoms with van der Waals surface area (Å²) in [7, 11) is 0. The zero-order chi connectivity index (χ0) is 22.8. The Balaban J connectivity index is 1.60. The highest BCUT2D eigenvalue weighted by molar-refractivity contribution is 7.17. The van der Waals surface area contributed by atoms with Crippen molar-refractivity contribution in [3.8, 4) is 27.5 Å². The van der Waals surface area contributed by atoms with Crippen molar-refractivity contribution >= 4 is 17.2 Å². The van der Waals surface area contributed by atoms with Gasteiger partial charge < -0.3 is 14.7 Å². The third kappa shape index (κ3) is 4.22. The number of aliphatic hydroxyl groups is 1. The number of benzene rings is 1. The molecule has 3 aromatic rings. The van der Waals surface area contributed by atoms with Crippen LogP contribution in [0, 0.1) is 18.3 Å². The number of nitriles is 1. The van der Waals surface area contributed by atoms with Crippen molar-refractivity contribution in [2.75, 3.05) is 13.2 Å². The minimum absolute atomic E-state index is 0.0234. The van der Waals surface area contributed by atoms with Gasteiger partial charge in [-0.1, -0.05) is 11.3 Å². The fraction of sp³-hybridized carbons (Fsp3) is 0.409. The molecule has 1 N–H and O–H groups in total. The Hall–Kier alpha value is -3.29. The van der Waals surface area contributed by atoms with E-state index in [9.17, 15) is 10.1 Å². The highest BCUT2D eigenvalue weighted by Crippen LogP contribution is 2.32. The molecule has 1 aliphatic rings. The summed E-state index contributed by atoms with van der Waals surface area (Å²) in [5.74, 6) is 0.494. The summed E-state index contributed by atoms with van der Waals surface area (Å²) in [5, 5.41) is 33.2. The summed E-state index contributed by atoms with van der Waals surface area (Å²) in [6.07, 6.45) is 0.771. The van der Waals surface area contributed by atoms with Crippen LogP contribution in [-0.2, 0) is 17.8 Å². The normalized spacial score (nSPS) is 13.2. The number of hydrogen-bond acceptors (Lipinski definition) is 8. The molecule has 4 rings (SSSR count). The van der Waals surface area contributed by atoms with Crippen molar-refractivity contribution in [1.29, 1.82) is 5.26 Å². The molecule has 0 fully saturated rings. The van der Waals surface area contributed by atoms with Gasteiger partial charge in [0.25, 0.3) is 0 Å². The van der Waals surface area contributed by atoms with Crippen LogP contribution in [0.5, 0.6) is 5.75 Å². The molecule has 10 heteroatoms. The molecular weight excluding hydrogens is 428 g/mol. The molecule has 2 aromatic heterocycles. The number of ether oxygens (including phenoxy) is 1. The van der Waals surface area contributed by atoms with Crippen molar-refractivity contribution in [3.63, 3.8) is 0 Å². The molecule has 1 aliphatic heterocycles. The van der Waals surface area contributed by atoms with Crippen LogP contribution in [0.25, 0.3) is 15.7 Å². The van der Waals surface area contributed by atoms with Crippen LogP contribution in [0.3, 0.4) is 0 Å². The first-order chi connectivity index (χ1) is 15.4. The lowest BCUT2D eigenvalue weighted by molar-refractivity contribution is -0.132. The smallest absolute Gasteiger partial charge is 0.233 e. The van der Waals surface area contributed by atoms with Gasteiger partial charge in [0.2, 0.25) is 11.0 Å². The van der Waals surface area contributed by atoms with Crippen LogP contribution in [0.15, 0.2) is 18.2 Å². The van der Waals surface area contributed by atoms with Crippen LogP contribution < -0.4 is 4.74 Å². The molecule has 1 aromatic carbocycles. The molecule has 0 aliphatic carbocycles. The predicted molar refractivity (Wildman–Crippen MR) is 119 cm³/mol. The van der Waals surface area contributed by atoms with Crippen LogP contribution in [0.1, 0.15) is 42.8 Å². The second kappa shape index (κ2) is 9.06. The van der Waals surface area contributed by atoms with Gasteiger partial charge in [-0.15, -0.1) is 10.2 Å². The fourth-order valence-electron chi connectivity index (χ4n) is 3.69. The van der Waals surface area contributed by atoms with E-state index in [4.69, 9.17) is 14.9 Å². The topological polar surface area (TPSA) is 117 Å². The van der Waals surface area contributed by atoms with Crippen molar-refractivity contribution in [1.82, 2.24) is 24.9 Å². The van der Waals surface area contributed by atoms with E-state index in [1.165, 1.54) is 11.3 Å². The number of carbonyl (C=O) groups excluding carboxylic acids is 1. The number of hydrogen-bond donors (Lipinski definition) is 1. The SMILES string of the molecule is Cc1c2c(nn1-c1nnc(-c3ccc(OC(C)C)c(C#N)c3)s1)CCN(C(=O)CCO)C2. The van der Waals surface area contributed by atoms with E-state index in [1.54, 1.807) is 21.7 Å². The molecule has 0 spiro atoms. The zero-order valence-corrected chi connectivity index (χ0v) is 19.0. The second-order valence-electron chi connectivity index (χ2n) is 7.84. The first kappa shape index (κ1) is 21.9. The Morgan fingerprint density at radius 3 is 2.91 bits per heavy atom. The van der Waals surface area contributed by atoms with E-state index < -0.39 is 0 Å². The number of nitrogens with zero attached hydrogens (tertiary/aromatic N) is 6. The average Bonchev–Trinajstić information content (AvgIpc) is 3.38. The summed E-state index contributed by atoms with van der Waals surface area (Å²) in [4.78, 5) is 13.9.